The Balaban J connectivity index is 3.38. The molecule has 0 saturated carbocycles. The number of hydrogen-bond donors (Lipinski definition) is 2. The predicted molar refractivity (Wildman–Crippen MR) is 70.7 cm³/mol. The van der Waals surface area contributed by atoms with Gasteiger partial charge in [-0.3, -0.25) is 4.79 Å². The summed E-state index contributed by atoms with van der Waals surface area (Å²) in [5.74, 6) is 0.820. The van der Waals surface area contributed by atoms with Crippen molar-refractivity contribution in [3.63, 3.8) is 0 Å². The second kappa shape index (κ2) is 10.5. The number of nitrogens with one attached hydrogen (secondary N) is 1. The summed E-state index contributed by atoms with van der Waals surface area (Å²) in [7, 11) is 0. The van der Waals surface area contributed by atoms with E-state index in [1.165, 1.54) is 0 Å². The average Bonchev–Trinajstić information content (AvgIpc) is 2.29. The van der Waals surface area contributed by atoms with Crippen molar-refractivity contribution in [3.8, 4) is 0 Å². The van der Waals surface area contributed by atoms with Crippen LogP contribution in [0.15, 0.2) is 0 Å². The predicted octanol–water partition coefficient (Wildman–Crippen LogP) is 1.54. The van der Waals surface area contributed by atoms with Crippen molar-refractivity contribution in [1.82, 2.24) is 5.32 Å². The lowest BCUT2D eigenvalue weighted by atomic mass is 10.1. The number of nitrogens with two attached hydrogens (primary N) is 1. The van der Waals surface area contributed by atoms with Crippen LogP contribution in [0, 0.1) is 11.8 Å². The van der Waals surface area contributed by atoms with Crippen LogP contribution in [0.5, 0.6) is 0 Å². The third-order valence-corrected chi connectivity index (χ3v) is 2.67. The van der Waals surface area contributed by atoms with E-state index in [0.717, 1.165) is 25.9 Å². The van der Waals surface area contributed by atoms with Crippen molar-refractivity contribution in [2.45, 2.75) is 40.0 Å². The fourth-order valence-electron chi connectivity index (χ4n) is 1.40. The van der Waals surface area contributed by atoms with Crippen LogP contribution in [0.1, 0.15) is 40.0 Å². The van der Waals surface area contributed by atoms with Gasteiger partial charge in [0.25, 0.3) is 0 Å². The maximum atomic E-state index is 11.6. The molecular weight excluding hydrogens is 216 g/mol. The summed E-state index contributed by atoms with van der Waals surface area (Å²) >= 11 is 0. The average molecular weight is 244 g/mol. The van der Waals surface area contributed by atoms with Gasteiger partial charge in [-0.1, -0.05) is 20.8 Å². The molecule has 0 aromatic heterocycles. The van der Waals surface area contributed by atoms with E-state index in [4.69, 9.17) is 10.5 Å². The highest BCUT2D eigenvalue weighted by Gasteiger charge is 2.10. The first-order valence-electron chi connectivity index (χ1n) is 6.63. The zero-order chi connectivity index (χ0) is 13.1. The molecule has 0 rings (SSSR count). The zero-order valence-corrected chi connectivity index (χ0v) is 11.5. The minimum atomic E-state index is 0.0502. The van der Waals surface area contributed by atoms with Crippen LogP contribution in [-0.2, 0) is 9.53 Å². The number of hydrogen-bond acceptors (Lipinski definition) is 3. The third kappa shape index (κ3) is 10.3. The van der Waals surface area contributed by atoms with E-state index in [2.05, 4.69) is 19.2 Å². The van der Waals surface area contributed by atoms with Gasteiger partial charge in [0.1, 0.15) is 0 Å². The third-order valence-electron chi connectivity index (χ3n) is 2.67. The minimum absolute atomic E-state index is 0.0502. The number of rotatable bonds is 10. The summed E-state index contributed by atoms with van der Waals surface area (Å²) in [5, 5.41) is 2.87. The fraction of sp³-hybridized carbons (Fsp3) is 0.923. The molecule has 0 aliphatic heterocycles. The molecule has 0 spiro atoms. The lowest BCUT2D eigenvalue weighted by molar-refractivity contribution is -0.124. The molecule has 0 bridgehead atoms. The molecular formula is C13H28N2O2. The topological polar surface area (TPSA) is 64.3 Å². The monoisotopic (exact) mass is 244 g/mol. The van der Waals surface area contributed by atoms with Gasteiger partial charge in [-0.2, -0.15) is 0 Å². The molecule has 0 radical (unpaired) electrons. The Morgan fingerprint density at radius 1 is 1.24 bits per heavy atom. The van der Waals surface area contributed by atoms with Gasteiger partial charge in [0, 0.05) is 19.1 Å². The molecule has 4 heteroatoms. The second-order valence-corrected chi connectivity index (χ2v) is 4.92. The molecule has 17 heavy (non-hydrogen) atoms. The van der Waals surface area contributed by atoms with Gasteiger partial charge in [-0.15, -0.1) is 0 Å². The molecule has 1 atom stereocenters. The molecule has 0 fully saturated rings. The van der Waals surface area contributed by atoms with Gasteiger partial charge in [0.05, 0.1) is 6.61 Å². The van der Waals surface area contributed by atoms with E-state index in [1.54, 1.807) is 0 Å². The Labute approximate surface area is 105 Å². The Morgan fingerprint density at radius 2 is 1.94 bits per heavy atom. The maximum absolute atomic E-state index is 11.6. The maximum Gasteiger partial charge on any atom is 0.222 e. The van der Waals surface area contributed by atoms with Crippen LogP contribution < -0.4 is 11.1 Å². The lowest BCUT2D eigenvalue weighted by Crippen LogP contribution is -2.32. The Bertz CT molecular complexity index is 196. The quantitative estimate of drug-likeness (QED) is 0.573. The van der Waals surface area contributed by atoms with Gasteiger partial charge < -0.3 is 15.8 Å². The number of carbonyl (C=O) groups excluding carboxylic acids is 1. The van der Waals surface area contributed by atoms with E-state index in [0.29, 0.717) is 25.6 Å². The van der Waals surface area contributed by atoms with Gasteiger partial charge >= 0.3 is 0 Å². The largest absolute Gasteiger partial charge is 0.380 e. The molecule has 1 unspecified atom stereocenters. The highest BCUT2D eigenvalue weighted by Crippen LogP contribution is 2.04. The van der Waals surface area contributed by atoms with Crippen molar-refractivity contribution in [1.29, 1.82) is 0 Å². The Morgan fingerprint density at radius 3 is 2.53 bits per heavy atom. The smallest absolute Gasteiger partial charge is 0.222 e. The number of ether oxygens (including phenoxy) is 1. The summed E-state index contributed by atoms with van der Waals surface area (Å²) in [5.41, 5.74) is 5.40. The SMILES string of the molecule is CC(C)CCOCCNC(=O)C(C)CCCN. The second-order valence-electron chi connectivity index (χ2n) is 4.92. The van der Waals surface area contributed by atoms with Crippen LogP contribution in [0.4, 0.5) is 0 Å². The molecule has 0 aromatic rings. The molecule has 4 nitrogen and oxygen atoms in total. The minimum Gasteiger partial charge on any atom is -0.380 e. The van der Waals surface area contributed by atoms with E-state index in [9.17, 15) is 4.79 Å². The summed E-state index contributed by atoms with van der Waals surface area (Å²) < 4.78 is 5.42. The lowest BCUT2D eigenvalue weighted by Gasteiger charge is -2.12. The molecule has 102 valence electrons. The van der Waals surface area contributed by atoms with Crippen LogP contribution in [0.25, 0.3) is 0 Å². The highest BCUT2D eigenvalue weighted by atomic mass is 16.5. The summed E-state index contributed by atoms with van der Waals surface area (Å²) in [6, 6.07) is 0. The van der Waals surface area contributed by atoms with Gasteiger partial charge in [-0.25, -0.2) is 0 Å². The van der Waals surface area contributed by atoms with Crippen molar-refractivity contribution in [3.05, 3.63) is 0 Å². The Hall–Kier alpha value is -0.610. The van der Waals surface area contributed by atoms with Crippen molar-refractivity contribution >= 4 is 5.91 Å². The van der Waals surface area contributed by atoms with Crippen LogP contribution in [0.2, 0.25) is 0 Å². The Kier molecular flexibility index (Phi) is 10.2. The molecule has 0 saturated heterocycles. The standard InChI is InChI=1S/C13H28N2O2/c1-11(2)6-9-17-10-8-15-13(16)12(3)5-4-7-14/h11-12H,4-10,14H2,1-3H3,(H,15,16). The first-order valence-corrected chi connectivity index (χ1v) is 6.63. The van der Waals surface area contributed by atoms with E-state index >= 15 is 0 Å². The highest BCUT2D eigenvalue weighted by molar-refractivity contribution is 5.78. The molecule has 3 N–H and O–H groups in total. The molecule has 0 aliphatic rings. The first-order chi connectivity index (χ1) is 8.07. The molecule has 0 heterocycles. The van der Waals surface area contributed by atoms with E-state index in [-0.39, 0.29) is 11.8 Å². The normalized spacial score (nSPS) is 12.8. The van der Waals surface area contributed by atoms with E-state index < -0.39 is 0 Å². The number of carbonyl (C=O) groups is 1. The van der Waals surface area contributed by atoms with E-state index in [1.807, 2.05) is 6.92 Å². The summed E-state index contributed by atoms with van der Waals surface area (Å²) in [4.78, 5) is 11.6. The van der Waals surface area contributed by atoms with Gasteiger partial charge in [0.2, 0.25) is 5.91 Å². The summed E-state index contributed by atoms with van der Waals surface area (Å²) in [6.07, 6.45) is 2.83. The first kappa shape index (κ1) is 16.4. The van der Waals surface area contributed by atoms with Crippen LogP contribution in [-0.4, -0.2) is 32.2 Å². The fourth-order valence-corrected chi connectivity index (χ4v) is 1.40. The number of amides is 1. The van der Waals surface area contributed by atoms with Gasteiger partial charge in [0.15, 0.2) is 0 Å². The van der Waals surface area contributed by atoms with Gasteiger partial charge in [-0.05, 0) is 31.7 Å². The van der Waals surface area contributed by atoms with Crippen molar-refractivity contribution in [2.75, 3.05) is 26.3 Å². The molecule has 0 aromatic carbocycles. The van der Waals surface area contributed by atoms with Crippen molar-refractivity contribution in [2.24, 2.45) is 17.6 Å². The summed E-state index contributed by atoms with van der Waals surface area (Å²) in [6.45, 7) is 8.90. The molecule has 1 amide bonds. The molecule has 0 aliphatic carbocycles. The van der Waals surface area contributed by atoms with Crippen LogP contribution >= 0.6 is 0 Å². The van der Waals surface area contributed by atoms with Crippen LogP contribution in [0.3, 0.4) is 0 Å². The van der Waals surface area contributed by atoms with Crippen molar-refractivity contribution < 1.29 is 9.53 Å². The zero-order valence-electron chi connectivity index (χ0n) is 11.5.